The summed E-state index contributed by atoms with van der Waals surface area (Å²) in [4.78, 5) is 11.0. The topological polar surface area (TPSA) is 67.1 Å². The molecule has 0 radical (unpaired) electrons. The van der Waals surface area contributed by atoms with Crippen molar-refractivity contribution in [2.45, 2.75) is 19.3 Å². The molecule has 0 amide bonds. The molecule has 3 aromatic rings. The zero-order chi connectivity index (χ0) is 19.3. The first-order valence-electron chi connectivity index (χ1n) is 9.61. The predicted molar refractivity (Wildman–Crippen MR) is 116 cm³/mol. The Labute approximate surface area is 170 Å². The molecule has 0 spiro atoms. The minimum Gasteiger partial charge on any atom is -0.393 e. The third-order valence-electron chi connectivity index (χ3n) is 5.27. The summed E-state index contributed by atoms with van der Waals surface area (Å²) in [6.07, 6.45) is 4.95. The lowest BCUT2D eigenvalue weighted by molar-refractivity contribution is 0.402. The van der Waals surface area contributed by atoms with E-state index in [1.54, 1.807) is 6.33 Å². The number of piperidine rings is 1. The van der Waals surface area contributed by atoms with Crippen LogP contribution in [0.5, 0.6) is 0 Å². The first kappa shape index (κ1) is 18.6. The van der Waals surface area contributed by atoms with Gasteiger partial charge in [0.05, 0.1) is 10.7 Å². The first-order chi connectivity index (χ1) is 13.7. The Morgan fingerprint density at radius 2 is 1.71 bits per heavy atom. The van der Waals surface area contributed by atoms with Crippen molar-refractivity contribution in [2.24, 2.45) is 5.92 Å². The van der Waals surface area contributed by atoms with E-state index < -0.39 is 0 Å². The Hall–Kier alpha value is -2.79. The van der Waals surface area contributed by atoms with Crippen LogP contribution in [0.25, 0.3) is 0 Å². The molecule has 0 saturated carbocycles. The highest BCUT2D eigenvalue weighted by Crippen LogP contribution is 2.33. The van der Waals surface area contributed by atoms with Crippen molar-refractivity contribution in [3.05, 3.63) is 71.5 Å². The number of rotatable bonds is 5. The highest BCUT2D eigenvalue weighted by molar-refractivity contribution is 6.33. The number of nitrogens with one attached hydrogen (secondary N) is 1. The van der Waals surface area contributed by atoms with E-state index in [9.17, 15) is 0 Å². The van der Waals surface area contributed by atoms with Gasteiger partial charge in [-0.15, -0.1) is 0 Å². The van der Waals surface area contributed by atoms with E-state index in [-0.39, 0.29) is 0 Å². The van der Waals surface area contributed by atoms with E-state index in [0.717, 1.165) is 43.9 Å². The maximum Gasteiger partial charge on any atom is 0.159 e. The van der Waals surface area contributed by atoms with Crippen molar-refractivity contribution in [3.63, 3.8) is 0 Å². The van der Waals surface area contributed by atoms with Crippen LogP contribution < -0.4 is 16.0 Å². The number of para-hydroxylation sites is 1. The van der Waals surface area contributed by atoms with E-state index in [2.05, 4.69) is 50.5 Å². The number of aromatic nitrogens is 2. The van der Waals surface area contributed by atoms with Crippen molar-refractivity contribution in [2.75, 3.05) is 29.0 Å². The molecule has 0 unspecified atom stereocenters. The molecule has 2 aromatic carbocycles. The Bertz CT molecular complexity index is 923. The van der Waals surface area contributed by atoms with Gasteiger partial charge in [0, 0.05) is 13.1 Å². The second kappa shape index (κ2) is 8.48. The van der Waals surface area contributed by atoms with Gasteiger partial charge in [-0.1, -0.05) is 54.1 Å². The maximum absolute atomic E-state index is 6.40. The summed E-state index contributed by atoms with van der Waals surface area (Å²) >= 11 is 6.24. The molecule has 2 heterocycles. The Morgan fingerprint density at radius 1 is 1.00 bits per heavy atom. The van der Waals surface area contributed by atoms with Crippen LogP contribution in [-0.2, 0) is 6.42 Å². The molecular formula is C22H24ClN5. The fourth-order valence-electron chi connectivity index (χ4n) is 3.72. The smallest absolute Gasteiger partial charge is 0.159 e. The van der Waals surface area contributed by atoms with Gasteiger partial charge in [-0.25, -0.2) is 9.97 Å². The van der Waals surface area contributed by atoms with Gasteiger partial charge in [0.1, 0.15) is 12.0 Å². The standard InChI is InChI=1S/C22H24ClN5/c23-18-8-4-5-9-19(18)27-21-20(24)22(26-15-25-21)28-12-10-17(11-13-28)14-16-6-2-1-3-7-16/h1-9,15,17H,10-14,24H2,(H,25,26,27). The number of nitrogens with two attached hydrogens (primary N) is 1. The summed E-state index contributed by atoms with van der Waals surface area (Å²) < 4.78 is 0. The SMILES string of the molecule is Nc1c(Nc2ccccc2Cl)ncnc1N1CCC(Cc2ccccc2)CC1. The number of hydrogen-bond acceptors (Lipinski definition) is 5. The van der Waals surface area contributed by atoms with Crippen LogP contribution in [0, 0.1) is 5.92 Å². The van der Waals surface area contributed by atoms with Crippen LogP contribution in [0.2, 0.25) is 5.02 Å². The van der Waals surface area contributed by atoms with E-state index in [1.807, 2.05) is 24.3 Å². The second-order valence-corrected chi connectivity index (χ2v) is 7.59. The molecule has 6 heteroatoms. The lowest BCUT2D eigenvalue weighted by atomic mass is 9.90. The van der Waals surface area contributed by atoms with Gasteiger partial charge >= 0.3 is 0 Å². The number of nitrogen functional groups attached to an aromatic ring is 1. The maximum atomic E-state index is 6.40. The van der Waals surface area contributed by atoms with Gasteiger partial charge in [-0.2, -0.15) is 0 Å². The van der Waals surface area contributed by atoms with Crippen LogP contribution in [0.15, 0.2) is 60.9 Å². The second-order valence-electron chi connectivity index (χ2n) is 7.18. The number of hydrogen-bond donors (Lipinski definition) is 2. The van der Waals surface area contributed by atoms with Gasteiger partial charge in [0.2, 0.25) is 0 Å². The summed E-state index contributed by atoms with van der Waals surface area (Å²) in [5.74, 6) is 2.08. The summed E-state index contributed by atoms with van der Waals surface area (Å²) in [5, 5.41) is 3.86. The molecule has 0 bridgehead atoms. The largest absolute Gasteiger partial charge is 0.393 e. The van der Waals surface area contributed by atoms with Crippen molar-refractivity contribution in [1.29, 1.82) is 0 Å². The molecule has 4 rings (SSSR count). The zero-order valence-corrected chi connectivity index (χ0v) is 16.4. The molecule has 1 aliphatic rings. The van der Waals surface area contributed by atoms with Crippen molar-refractivity contribution in [3.8, 4) is 0 Å². The highest BCUT2D eigenvalue weighted by atomic mass is 35.5. The Kier molecular flexibility index (Phi) is 5.63. The number of benzene rings is 2. The lowest BCUT2D eigenvalue weighted by Gasteiger charge is -2.33. The van der Waals surface area contributed by atoms with E-state index in [0.29, 0.717) is 22.4 Å². The summed E-state index contributed by atoms with van der Waals surface area (Å²) in [6, 6.07) is 18.3. The van der Waals surface area contributed by atoms with Crippen LogP contribution in [-0.4, -0.2) is 23.1 Å². The lowest BCUT2D eigenvalue weighted by Crippen LogP contribution is -2.35. The number of anilines is 4. The summed E-state index contributed by atoms with van der Waals surface area (Å²) in [7, 11) is 0. The third kappa shape index (κ3) is 4.20. The molecule has 1 aliphatic heterocycles. The van der Waals surface area contributed by atoms with Crippen LogP contribution in [0.3, 0.4) is 0 Å². The van der Waals surface area contributed by atoms with Gasteiger partial charge < -0.3 is 16.0 Å². The van der Waals surface area contributed by atoms with Gasteiger partial charge in [0.25, 0.3) is 0 Å². The van der Waals surface area contributed by atoms with E-state index in [1.165, 1.54) is 5.56 Å². The Morgan fingerprint density at radius 3 is 2.46 bits per heavy atom. The minimum atomic E-state index is 0.559. The van der Waals surface area contributed by atoms with Crippen LogP contribution in [0.1, 0.15) is 18.4 Å². The average Bonchev–Trinajstić information content (AvgIpc) is 2.73. The minimum absolute atomic E-state index is 0.559. The predicted octanol–water partition coefficient (Wildman–Crippen LogP) is 4.91. The number of halogens is 1. The average molecular weight is 394 g/mol. The fraction of sp³-hybridized carbons (Fsp3) is 0.273. The van der Waals surface area contributed by atoms with Crippen molar-refractivity contribution >= 4 is 34.6 Å². The normalized spacial score (nSPS) is 14.8. The van der Waals surface area contributed by atoms with Gasteiger partial charge in [-0.3, -0.25) is 0 Å². The zero-order valence-electron chi connectivity index (χ0n) is 15.7. The molecule has 1 saturated heterocycles. The molecule has 3 N–H and O–H groups in total. The molecular weight excluding hydrogens is 370 g/mol. The molecule has 0 aliphatic carbocycles. The molecule has 1 fully saturated rings. The first-order valence-corrected chi connectivity index (χ1v) is 9.99. The number of nitrogens with zero attached hydrogens (tertiary/aromatic N) is 3. The molecule has 0 atom stereocenters. The summed E-state index contributed by atoms with van der Waals surface area (Å²) in [6.45, 7) is 1.90. The molecule has 1 aromatic heterocycles. The fourth-order valence-corrected chi connectivity index (χ4v) is 3.91. The highest BCUT2D eigenvalue weighted by Gasteiger charge is 2.23. The van der Waals surface area contributed by atoms with E-state index >= 15 is 0 Å². The van der Waals surface area contributed by atoms with E-state index in [4.69, 9.17) is 17.3 Å². The third-order valence-corrected chi connectivity index (χ3v) is 5.60. The summed E-state index contributed by atoms with van der Waals surface area (Å²) in [5.41, 5.74) is 9.15. The van der Waals surface area contributed by atoms with Crippen molar-refractivity contribution in [1.82, 2.24) is 9.97 Å². The monoisotopic (exact) mass is 393 g/mol. The van der Waals surface area contributed by atoms with Gasteiger partial charge in [-0.05, 0) is 42.9 Å². The quantitative estimate of drug-likeness (QED) is 0.644. The molecule has 5 nitrogen and oxygen atoms in total. The molecule has 144 valence electrons. The molecule has 28 heavy (non-hydrogen) atoms. The van der Waals surface area contributed by atoms with Gasteiger partial charge in [0.15, 0.2) is 11.6 Å². The Balaban J connectivity index is 1.43. The van der Waals surface area contributed by atoms with Crippen LogP contribution >= 0.6 is 11.6 Å². The van der Waals surface area contributed by atoms with Crippen LogP contribution in [0.4, 0.5) is 23.0 Å². The van der Waals surface area contributed by atoms with Crippen molar-refractivity contribution < 1.29 is 0 Å².